The second kappa shape index (κ2) is 5.28. The summed E-state index contributed by atoms with van der Waals surface area (Å²) in [5.41, 5.74) is 1.60. The normalized spacial score (nSPS) is 39.6. The van der Waals surface area contributed by atoms with Gasteiger partial charge < -0.3 is 0 Å². The highest BCUT2D eigenvalue weighted by Gasteiger charge is 2.45. The summed E-state index contributed by atoms with van der Waals surface area (Å²) >= 11 is 2.12. The molecule has 0 bridgehead atoms. The zero-order valence-electron chi connectivity index (χ0n) is 11.5. The molecule has 0 amide bonds. The molecular weight excluding hydrogens is 236 g/mol. The van der Waals surface area contributed by atoms with Gasteiger partial charge in [0.2, 0.25) is 0 Å². The molecule has 2 aliphatic carbocycles. The van der Waals surface area contributed by atoms with Gasteiger partial charge in [0, 0.05) is 5.25 Å². The van der Waals surface area contributed by atoms with Crippen LogP contribution >= 0.6 is 11.8 Å². The number of benzene rings is 1. The van der Waals surface area contributed by atoms with Crippen molar-refractivity contribution in [2.24, 2.45) is 17.8 Å². The molecule has 2 unspecified atom stereocenters. The summed E-state index contributed by atoms with van der Waals surface area (Å²) in [6.07, 6.45) is 8.10. The lowest BCUT2D eigenvalue weighted by Gasteiger charge is -2.36. The Balaban J connectivity index is 1.85. The number of fused-ring (bicyclic) bond motifs is 1. The Morgan fingerprint density at radius 1 is 1.06 bits per heavy atom. The Labute approximate surface area is 116 Å². The molecule has 0 N–H and O–H groups in total. The van der Waals surface area contributed by atoms with Gasteiger partial charge in [0.1, 0.15) is 0 Å². The molecule has 18 heavy (non-hydrogen) atoms. The summed E-state index contributed by atoms with van der Waals surface area (Å²) in [5, 5.41) is 0.918. The Hall–Kier alpha value is -0.430. The standard InChI is InChI=1S/C17H24S/c1-12-11-16-14(13-7-4-3-5-8-13)9-6-10-15(16)17(12)18-2/h3-5,7-8,12,14-17H,6,9-11H2,1-2H3/t12-,14+,15+,16?,17?/m0/s1. The van der Waals surface area contributed by atoms with Gasteiger partial charge in [0.25, 0.3) is 0 Å². The summed E-state index contributed by atoms with van der Waals surface area (Å²) in [5.74, 6) is 3.69. The SMILES string of the molecule is CSC1[C@@H]2CCC[C@H](c3ccccc3)C2C[C@@H]1C. The van der Waals surface area contributed by atoms with Crippen LogP contribution < -0.4 is 0 Å². The van der Waals surface area contributed by atoms with Crippen LogP contribution in [0.15, 0.2) is 30.3 Å². The van der Waals surface area contributed by atoms with Gasteiger partial charge >= 0.3 is 0 Å². The van der Waals surface area contributed by atoms with Crippen molar-refractivity contribution in [3.63, 3.8) is 0 Å². The summed E-state index contributed by atoms with van der Waals surface area (Å²) in [7, 11) is 0. The highest BCUT2D eigenvalue weighted by molar-refractivity contribution is 7.99. The van der Waals surface area contributed by atoms with E-state index in [0.29, 0.717) is 0 Å². The minimum Gasteiger partial charge on any atom is -0.161 e. The van der Waals surface area contributed by atoms with Gasteiger partial charge in [-0.3, -0.25) is 0 Å². The first-order chi connectivity index (χ1) is 8.81. The fourth-order valence-electron chi connectivity index (χ4n) is 4.55. The lowest BCUT2D eigenvalue weighted by molar-refractivity contribution is 0.241. The number of hydrogen-bond donors (Lipinski definition) is 0. The first-order valence-electron chi connectivity index (χ1n) is 7.39. The molecule has 98 valence electrons. The van der Waals surface area contributed by atoms with Crippen molar-refractivity contribution < 1.29 is 0 Å². The largest absolute Gasteiger partial charge is 0.161 e. The Bertz CT molecular complexity index is 386. The second-order valence-electron chi connectivity index (χ2n) is 6.19. The molecule has 0 spiro atoms. The maximum atomic E-state index is 2.47. The molecule has 3 rings (SSSR count). The molecule has 0 saturated heterocycles. The van der Waals surface area contributed by atoms with Crippen molar-refractivity contribution in [3.8, 4) is 0 Å². The van der Waals surface area contributed by atoms with E-state index in [9.17, 15) is 0 Å². The molecule has 2 saturated carbocycles. The maximum Gasteiger partial charge on any atom is 0.0101 e. The topological polar surface area (TPSA) is 0 Å². The summed E-state index contributed by atoms with van der Waals surface area (Å²) < 4.78 is 0. The third-order valence-corrected chi connectivity index (χ3v) is 6.60. The molecule has 1 aromatic rings. The van der Waals surface area contributed by atoms with E-state index in [2.05, 4.69) is 55.3 Å². The van der Waals surface area contributed by atoms with E-state index in [4.69, 9.17) is 0 Å². The molecule has 0 aliphatic heterocycles. The number of hydrogen-bond acceptors (Lipinski definition) is 1. The molecule has 1 heteroatoms. The van der Waals surface area contributed by atoms with Gasteiger partial charge in [-0.1, -0.05) is 43.7 Å². The Morgan fingerprint density at radius 3 is 2.56 bits per heavy atom. The molecule has 0 aromatic heterocycles. The molecule has 0 radical (unpaired) electrons. The van der Waals surface area contributed by atoms with Crippen LogP contribution in [0.25, 0.3) is 0 Å². The zero-order valence-corrected chi connectivity index (χ0v) is 12.3. The molecule has 2 fully saturated rings. The van der Waals surface area contributed by atoms with E-state index in [1.165, 1.54) is 25.7 Å². The van der Waals surface area contributed by atoms with Crippen LogP contribution in [0.5, 0.6) is 0 Å². The van der Waals surface area contributed by atoms with Crippen LogP contribution in [0.2, 0.25) is 0 Å². The lowest BCUT2D eigenvalue weighted by Crippen LogP contribution is -2.27. The van der Waals surface area contributed by atoms with Crippen LogP contribution in [0.1, 0.15) is 44.1 Å². The van der Waals surface area contributed by atoms with Crippen molar-refractivity contribution in [1.82, 2.24) is 0 Å². The molecule has 0 heterocycles. The first kappa shape index (κ1) is 12.6. The fourth-order valence-corrected chi connectivity index (χ4v) is 5.82. The third-order valence-electron chi connectivity index (χ3n) is 5.25. The van der Waals surface area contributed by atoms with Gasteiger partial charge in [-0.15, -0.1) is 0 Å². The monoisotopic (exact) mass is 260 g/mol. The third kappa shape index (κ3) is 2.11. The summed E-state index contributed by atoms with van der Waals surface area (Å²) in [6.45, 7) is 2.47. The van der Waals surface area contributed by atoms with Crippen LogP contribution in [-0.2, 0) is 0 Å². The van der Waals surface area contributed by atoms with Gasteiger partial charge in [-0.2, -0.15) is 11.8 Å². The van der Waals surface area contributed by atoms with E-state index >= 15 is 0 Å². The van der Waals surface area contributed by atoms with E-state index in [0.717, 1.165) is 28.9 Å². The van der Waals surface area contributed by atoms with Gasteiger partial charge in [0.05, 0.1) is 0 Å². The minimum atomic E-state index is 0.838. The van der Waals surface area contributed by atoms with E-state index < -0.39 is 0 Å². The van der Waals surface area contributed by atoms with Crippen molar-refractivity contribution in [2.45, 2.75) is 43.8 Å². The average Bonchev–Trinajstić information content (AvgIpc) is 2.74. The number of rotatable bonds is 2. The first-order valence-corrected chi connectivity index (χ1v) is 8.67. The zero-order chi connectivity index (χ0) is 12.5. The predicted octanol–water partition coefficient (Wildman–Crippen LogP) is 4.96. The smallest absolute Gasteiger partial charge is 0.0101 e. The van der Waals surface area contributed by atoms with Crippen molar-refractivity contribution in [3.05, 3.63) is 35.9 Å². The van der Waals surface area contributed by atoms with Gasteiger partial charge in [-0.05, 0) is 54.8 Å². The summed E-state index contributed by atoms with van der Waals surface area (Å²) in [6, 6.07) is 11.3. The van der Waals surface area contributed by atoms with Crippen LogP contribution in [0.4, 0.5) is 0 Å². The van der Waals surface area contributed by atoms with Crippen molar-refractivity contribution in [2.75, 3.05) is 6.26 Å². The van der Waals surface area contributed by atoms with Crippen LogP contribution in [0.3, 0.4) is 0 Å². The average molecular weight is 260 g/mol. The molecule has 2 aliphatic rings. The van der Waals surface area contributed by atoms with E-state index in [-0.39, 0.29) is 0 Å². The lowest BCUT2D eigenvalue weighted by atomic mass is 9.71. The van der Waals surface area contributed by atoms with Crippen molar-refractivity contribution >= 4 is 11.8 Å². The molecule has 1 aromatic carbocycles. The minimum absolute atomic E-state index is 0.838. The Morgan fingerprint density at radius 2 is 1.83 bits per heavy atom. The van der Waals surface area contributed by atoms with E-state index in [1.807, 2.05) is 0 Å². The highest BCUT2D eigenvalue weighted by atomic mass is 32.2. The van der Waals surface area contributed by atoms with Crippen molar-refractivity contribution in [1.29, 1.82) is 0 Å². The Kier molecular flexibility index (Phi) is 3.70. The second-order valence-corrected chi connectivity index (χ2v) is 7.20. The number of thioether (sulfide) groups is 1. The summed E-state index contributed by atoms with van der Waals surface area (Å²) in [4.78, 5) is 0. The maximum absolute atomic E-state index is 2.47. The van der Waals surface area contributed by atoms with Crippen LogP contribution in [-0.4, -0.2) is 11.5 Å². The fraction of sp³-hybridized carbons (Fsp3) is 0.647. The van der Waals surface area contributed by atoms with Gasteiger partial charge in [0.15, 0.2) is 0 Å². The van der Waals surface area contributed by atoms with Gasteiger partial charge in [-0.25, -0.2) is 0 Å². The van der Waals surface area contributed by atoms with E-state index in [1.54, 1.807) is 5.56 Å². The quantitative estimate of drug-likeness (QED) is 0.724. The molecule has 0 nitrogen and oxygen atoms in total. The molecule has 5 atom stereocenters. The van der Waals surface area contributed by atoms with Crippen LogP contribution in [0, 0.1) is 17.8 Å². The predicted molar refractivity (Wildman–Crippen MR) is 81.1 cm³/mol. The molecular formula is C17H24S. The highest BCUT2D eigenvalue weighted by Crippen LogP contribution is 2.54.